The summed E-state index contributed by atoms with van der Waals surface area (Å²) in [6.07, 6.45) is -5.00. The molecule has 0 spiro atoms. The van der Waals surface area contributed by atoms with Crippen LogP contribution in [0.25, 0.3) is 12.2 Å². The van der Waals surface area contributed by atoms with Gasteiger partial charge in [0.05, 0.1) is 0 Å². The van der Waals surface area contributed by atoms with E-state index < -0.39 is 35.9 Å². The van der Waals surface area contributed by atoms with Crippen LogP contribution in [-0.2, 0) is 0 Å². The Morgan fingerprint density at radius 1 is 0.633 bits per heavy atom. The van der Waals surface area contributed by atoms with Gasteiger partial charge in [-0.15, -0.1) is 0 Å². The van der Waals surface area contributed by atoms with E-state index in [0.717, 1.165) is 22.3 Å². The van der Waals surface area contributed by atoms with E-state index in [-0.39, 0.29) is 0 Å². The SMILES string of the molecule is Cc1ccc(C)c(C=C(O)[C@@H](O)[C@@H](O)[C@H](O)[C@@H](O)C(O)=Cc2cc(C)ccc2C)c1. The van der Waals surface area contributed by atoms with Crippen molar-refractivity contribution in [3.05, 3.63) is 81.3 Å². The third-order valence-corrected chi connectivity index (χ3v) is 5.08. The molecule has 30 heavy (non-hydrogen) atoms. The van der Waals surface area contributed by atoms with Gasteiger partial charge < -0.3 is 30.6 Å². The van der Waals surface area contributed by atoms with Gasteiger partial charge in [0.15, 0.2) is 0 Å². The molecule has 162 valence electrons. The summed E-state index contributed by atoms with van der Waals surface area (Å²) in [6.45, 7) is 7.42. The largest absolute Gasteiger partial charge is 0.509 e. The van der Waals surface area contributed by atoms with Gasteiger partial charge in [-0.1, -0.05) is 47.5 Å². The standard InChI is InChI=1S/C24H30O6/c1-13-5-7-15(3)17(9-13)11-19(25)21(27)23(29)24(30)22(28)20(26)12-18-10-14(2)6-8-16(18)4/h5-12,21-30H,1-4H3/t21-,22+,23-,24-/m1/s1. The molecule has 6 N–H and O–H groups in total. The zero-order valence-corrected chi connectivity index (χ0v) is 17.6. The number of hydrogen-bond acceptors (Lipinski definition) is 6. The van der Waals surface area contributed by atoms with Crippen molar-refractivity contribution in [3.8, 4) is 0 Å². The number of benzene rings is 2. The van der Waals surface area contributed by atoms with Gasteiger partial charge >= 0.3 is 0 Å². The highest BCUT2D eigenvalue weighted by atomic mass is 16.4. The Morgan fingerprint density at radius 2 is 0.967 bits per heavy atom. The van der Waals surface area contributed by atoms with Crippen LogP contribution in [0, 0.1) is 27.7 Å². The number of aliphatic hydroxyl groups excluding tert-OH is 6. The molecule has 0 amide bonds. The maximum atomic E-state index is 10.2. The quantitative estimate of drug-likeness (QED) is 0.388. The van der Waals surface area contributed by atoms with Gasteiger partial charge in [-0.25, -0.2) is 0 Å². The minimum absolute atomic E-state index is 0.569. The minimum Gasteiger partial charge on any atom is -0.509 e. The molecule has 6 nitrogen and oxygen atoms in total. The Labute approximate surface area is 176 Å². The molecule has 6 heteroatoms. The molecule has 2 rings (SSSR count). The Morgan fingerprint density at radius 3 is 1.30 bits per heavy atom. The molecule has 4 atom stereocenters. The van der Waals surface area contributed by atoms with E-state index in [1.165, 1.54) is 12.2 Å². The van der Waals surface area contributed by atoms with E-state index >= 15 is 0 Å². The number of aliphatic hydroxyl groups is 6. The van der Waals surface area contributed by atoms with E-state index in [9.17, 15) is 30.6 Å². The van der Waals surface area contributed by atoms with Gasteiger partial charge in [0.25, 0.3) is 0 Å². The first-order valence-electron chi connectivity index (χ1n) is 9.69. The predicted molar refractivity (Wildman–Crippen MR) is 117 cm³/mol. The highest BCUT2D eigenvalue weighted by Gasteiger charge is 2.34. The average Bonchev–Trinajstić information content (AvgIpc) is 2.70. The third kappa shape index (κ3) is 5.70. The van der Waals surface area contributed by atoms with Crippen LogP contribution < -0.4 is 0 Å². The molecule has 0 aliphatic rings. The molecule has 0 heterocycles. The summed E-state index contributed by atoms with van der Waals surface area (Å²) in [5.74, 6) is -1.14. The Bertz CT molecular complexity index is 869. The average molecular weight is 414 g/mol. The normalized spacial score (nSPS) is 16.8. The monoisotopic (exact) mass is 414 g/mol. The van der Waals surface area contributed by atoms with Crippen LogP contribution in [0.15, 0.2) is 47.9 Å². The molecule has 0 saturated carbocycles. The van der Waals surface area contributed by atoms with Gasteiger partial charge in [0.2, 0.25) is 0 Å². The second kappa shape index (κ2) is 9.91. The first kappa shape index (κ1) is 23.6. The summed E-state index contributed by atoms with van der Waals surface area (Å²) < 4.78 is 0. The smallest absolute Gasteiger partial charge is 0.139 e. The Hall–Kier alpha value is -2.64. The summed E-state index contributed by atoms with van der Waals surface area (Å²) >= 11 is 0. The van der Waals surface area contributed by atoms with Gasteiger partial charge in [0, 0.05) is 0 Å². The van der Waals surface area contributed by atoms with E-state index in [1.807, 2.05) is 52.0 Å². The summed E-state index contributed by atoms with van der Waals surface area (Å²) in [6, 6.07) is 11.1. The van der Waals surface area contributed by atoms with Crippen LogP contribution in [0.3, 0.4) is 0 Å². The molecule has 0 aromatic heterocycles. The predicted octanol–water partition coefficient (Wildman–Crippen LogP) is 2.86. The molecule has 0 aliphatic heterocycles. The number of rotatable bonds is 7. The van der Waals surface area contributed by atoms with Crippen LogP contribution in [0.4, 0.5) is 0 Å². The van der Waals surface area contributed by atoms with E-state index in [2.05, 4.69) is 0 Å². The fraction of sp³-hybridized carbons (Fsp3) is 0.333. The Balaban J connectivity index is 2.19. The van der Waals surface area contributed by atoms with E-state index in [4.69, 9.17) is 0 Å². The van der Waals surface area contributed by atoms with Crippen LogP contribution in [0.5, 0.6) is 0 Å². The maximum Gasteiger partial charge on any atom is 0.139 e. The van der Waals surface area contributed by atoms with Crippen molar-refractivity contribution < 1.29 is 30.6 Å². The van der Waals surface area contributed by atoms with Gasteiger partial charge in [-0.3, -0.25) is 0 Å². The molecular formula is C24H30O6. The van der Waals surface area contributed by atoms with Crippen molar-refractivity contribution in [1.82, 2.24) is 0 Å². The lowest BCUT2D eigenvalue weighted by molar-refractivity contribution is -0.0996. The van der Waals surface area contributed by atoms with Crippen molar-refractivity contribution in [2.45, 2.75) is 52.1 Å². The van der Waals surface area contributed by atoms with Crippen molar-refractivity contribution >= 4 is 12.2 Å². The first-order valence-corrected chi connectivity index (χ1v) is 9.69. The third-order valence-electron chi connectivity index (χ3n) is 5.08. The van der Waals surface area contributed by atoms with Crippen LogP contribution >= 0.6 is 0 Å². The highest BCUT2D eigenvalue weighted by molar-refractivity contribution is 5.58. The maximum absolute atomic E-state index is 10.2. The van der Waals surface area contributed by atoms with Gasteiger partial charge in [-0.05, 0) is 62.1 Å². The molecule has 0 bridgehead atoms. The first-order chi connectivity index (χ1) is 14.0. The summed E-state index contributed by atoms with van der Waals surface area (Å²) in [5.41, 5.74) is 4.89. The lowest BCUT2D eigenvalue weighted by Crippen LogP contribution is -2.45. The molecule has 0 aliphatic carbocycles. The van der Waals surface area contributed by atoms with Gasteiger partial charge in [0.1, 0.15) is 35.9 Å². The second-order valence-corrected chi connectivity index (χ2v) is 7.73. The number of aryl methyl sites for hydroxylation is 4. The zero-order chi connectivity index (χ0) is 22.6. The van der Waals surface area contributed by atoms with Crippen molar-refractivity contribution in [2.75, 3.05) is 0 Å². The van der Waals surface area contributed by atoms with Crippen LogP contribution in [-0.4, -0.2) is 55.1 Å². The van der Waals surface area contributed by atoms with E-state index in [1.54, 1.807) is 12.1 Å². The summed E-state index contributed by atoms with van der Waals surface area (Å²) in [5, 5.41) is 61.4. The zero-order valence-electron chi connectivity index (χ0n) is 17.6. The topological polar surface area (TPSA) is 121 Å². The van der Waals surface area contributed by atoms with Crippen molar-refractivity contribution in [1.29, 1.82) is 0 Å². The molecule has 0 fully saturated rings. The fourth-order valence-electron chi connectivity index (χ4n) is 3.04. The lowest BCUT2D eigenvalue weighted by atomic mass is 9.97. The summed E-state index contributed by atoms with van der Waals surface area (Å²) in [7, 11) is 0. The van der Waals surface area contributed by atoms with Gasteiger partial charge in [-0.2, -0.15) is 0 Å². The second-order valence-electron chi connectivity index (χ2n) is 7.73. The number of hydrogen-bond donors (Lipinski definition) is 6. The molecule has 0 radical (unpaired) electrons. The lowest BCUT2D eigenvalue weighted by Gasteiger charge is -2.26. The highest BCUT2D eigenvalue weighted by Crippen LogP contribution is 2.21. The Kier molecular flexibility index (Phi) is 7.81. The van der Waals surface area contributed by atoms with Crippen LogP contribution in [0.1, 0.15) is 33.4 Å². The van der Waals surface area contributed by atoms with Crippen molar-refractivity contribution in [2.24, 2.45) is 0 Å². The molecule has 2 aromatic carbocycles. The summed E-state index contributed by atoms with van der Waals surface area (Å²) in [4.78, 5) is 0. The van der Waals surface area contributed by atoms with Crippen LogP contribution in [0.2, 0.25) is 0 Å². The minimum atomic E-state index is -1.93. The molecule has 0 saturated heterocycles. The fourth-order valence-corrected chi connectivity index (χ4v) is 3.04. The molecule has 0 unspecified atom stereocenters. The van der Waals surface area contributed by atoms with E-state index in [0.29, 0.717) is 11.1 Å². The van der Waals surface area contributed by atoms with Crippen molar-refractivity contribution in [3.63, 3.8) is 0 Å². The molecular weight excluding hydrogens is 384 g/mol. The molecule has 2 aromatic rings.